The number of furan rings is 1. The Balaban J connectivity index is 1.91. The molecule has 0 saturated carbocycles. The SMILES string of the molecule is C[C@H](c1ccco1)N(C)C(=O)c1cccc(-c2nccnc2N(C)C)c1. The fraction of sp³-hybridized carbons (Fsp3) is 0.250. The van der Waals surface area contributed by atoms with E-state index in [1.165, 1.54) is 0 Å². The lowest BCUT2D eigenvalue weighted by molar-refractivity contribution is 0.0726. The van der Waals surface area contributed by atoms with Gasteiger partial charge in [-0.15, -0.1) is 0 Å². The van der Waals surface area contributed by atoms with E-state index in [9.17, 15) is 4.79 Å². The van der Waals surface area contributed by atoms with Crippen LogP contribution in [0.3, 0.4) is 0 Å². The predicted octanol–water partition coefficient (Wildman–Crippen LogP) is 3.64. The summed E-state index contributed by atoms with van der Waals surface area (Å²) in [4.78, 5) is 25.3. The zero-order valence-electron chi connectivity index (χ0n) is 15.4. The molecule has 0 aliphatic heterocycles. The Morgan fingerprint density at radius 3 is 2.54 bits per heavy atom. The van der Waals surface area contributed by atoms with E-state index in [4.69, 9.17) is 4.42 Å². The maximum absolute atomic E-state index is 12.9. The summed E-state index contributed by atoms with van der Waals surface area (Å²) in [6, 6.07) is 11.0. The molecule has 0 saturated heterocycles. The molecule has 3 rings (SSSR count). The molecular formula is C20H22N4O2. The third-order valence-corrected chi connectivity index (χ3v) is 4.34. The van der Waals surface area contributed by atoms with Crippen molar-refractivity contribution >= 4 is 11.7 Å². The van der Waals surface area contributed by atoms with E-state index in [-0.39, 0.29) is 11.9 Å². The fourth-order valence-corrected chi connectivity index (χ4v) is 2.76. The number of amides is 1. The van der Waals surface area contributed by atoms with Crippen LogP contribution in [0.25, 0.3) is 11.3 Å². The average Bonchev–Trinajstić information content (AvgIpc) is 3.21. The van der Waals surface area contributed by atoms with Crippen molar-refractivity contribution in [3.63, 3.8) is 0 Å². The van der Waals surface area contributed by atoms with E-state index in [0.717, 1.165) is 22.8 Å². The number of benzene rings is 1. The van der Waals surface area contributed by atoms with Gasteiger partial charge in [0.15, 0.2) is 5.82 Å². The Labute approximate surface area is 153 Å². The maximum Gasteiger partial charge on any atom is 0.254 e. The second kappa shape index (κ2) is 7.39. The van der Waals surface area contributed by atoms with Gasteiger partial charge in [0.2, 0.25) is 0 Å². The fourth-order valence-electron chi connectivity index (χ4n) is 2.76. The average molecular weight is 350 g/mol. The number of hydrogen-bond acceptors (Lipinski definition) is 5. The van der Waals surface area contributed by atoms with E-state index in [2.05, 4.69) is 9.97 Å². The highest BCUT2D eigenvalue weighted by atomic mass is 16.3. The molecule has 0 radical (unpaired) electrons. The van der Waals surface area contributed by atoms with Crippen molar-refractivity contribution in [2.45, 2.75) is 13.0 Å². The van der Waals surface area contributed by atoms with Crippen LogP contribution < -0.4 is 4.90 Å². The van der Waals surface area contributed by atoms with Gasteiger partial charge in [0.1, 0.15) is 11.5 Å². The topological polar surface area (TPSA) is 62.5 Å². The zero-order chi connectivity index (χ0) is 18.7. The largest absolute Gasteiger partial charge is 0.467 e. The van der Waals surface area contributed by atoms with Crippen molar-refractivity contribution in [3.05, 3.63) is 66.4 Å². The van der Waals surface area contributed by atoms with Crippen LogP contribution in [0.4, 0.5) is 5.82 Å². The van der Waals surface area contributed by atoms with E-state index < -0.39 is 0 Å². The highest BCUT2D eigenvalue weighted by molar-refractivity contribution is 5.95. The second-order valence-electron chi connectivity index (χ2n) is 6.31. The molecule has 0 spiro atoms. The first kappa shape index (κ1) is 17.7. The Hall–Kier alpha value is -3.15. The molecule has 134 valence electrons. The van der Waals surface area contributed by atoms with Crippen LogP contribution in [0.2, 0.25) is 0 Å². The van der Waals surface area contributed by atoms with Gasteiger partial charge < -0.3 is 14.2 Å². The third-order valence-electron chi connectivity index (χ3n) is 4.34. The predicted molar refractivity (Wildman–Crippen MR) is 101 cm³/mol. The van der Waals surface area contributed by atoms with Crippen LogP contribution in [0.5, 0.6) is 0 Å². The molecule has 6 heteroatoms. The Kier molecular flexibility index (Phi) is 5.02. The number of aromatic nitrogens is 2. The van der Waals surface area contributed by atoms with E-state index in [1.807, 2.05) is 62.3 Å². The quantitative estimate of drug-likeness (QED) is 0.703. The number of anilines is 1. The maximum atomic E-state index is 12.9. The number of carbonyl (C=O) groups is 1. The van der Waals surface area contributed by atoms with Gasteiger partial charge in [-0.1, -0.05) is 12.1 Å². The summed E-state index contributed by atoms with van der Waals surface area (Å²) in [7, 11) is 5.61. The summed E-state index contributed by atoms with van der Waals surface area (Å²) < 4.78 is 5.42. The summed E-state index contributed by atoms with van der Waals surface area (Å²) >= 11 is 0. The molecule has 26 heavy (non-hydrogen) atoms. The second-order valence-corrected chi connectivity index (χ2v) is 6.31. The first-order valence-electron chi connectivity index (χ1n) is 8.38. The molecule has 0 aliphatic rings. The lowest BCUT2D eigenvalue weighted by atomic mass is 10.1. The summed E-state index contributed by atoms with van der Waals surface area (Å²) in [6.07, 6.45) is 4.93. The Morgan fingerprint density at radius 1 is 1.08 bits per heavy atom. The Morgan fingerprint density at radius 2 is 1.85 bits per heavy atom. The summed E-state index contributed by atoms with van der Waals surface area (Å²) in [6.45, 7) is 1.94. The van der Waals surface area contributed by atoms with Gasteiger partial charge in [-0.25, -0.2) is 4.98 Å². The normalized spacial score (nSPS) is 11.8. The van der Waals surface area contributed by atoms with Gasteiger partial charge in [-0.05, 0) is 31.2 Å². The molecule has 0 bridgehead atoms. The lowest BCUT2D eigenvalue weighted by Gasteiger charge is -2.23. The lowest BCUT2D eigenvalue weighted by Crippen LogP contribution is -2.29. The number of carbonyl (C=O) groups excluding carboxylic acids is 1. The van der Waals surface area contributed by atoms with Crippen molar-refractivity contribution in [3.8, 4) is 11.3 Å². The third kappa shape index (κ3) is 3.44. The minimum absolute atomic E-state index is 0.0777. The molecule has 1 aromatic carbocycles. The number of rotatable bonds is 5. The van der Waals surface area contributed by atoms with E-state index in [0.29, 0.717) is 5.56 Å². The summed E-state index contributed by atoms with van der Waals surface area (Å²) in [5.41, 5.74) is 2.19. The van der Waals surface area contributed by atoms with Gasteiger partial charge in [0, 0.05) is 44.7 Å². The highest BCUT2D eigenvalue weighted by Crippen LogP contribution is 2.27. The van der Waals surface area contributed by atoms with Gasteiger partial charge in [-0.3, -0.25) is 9.78 Å². The molecule has 1 amide bonds. The van der Waals surface area contributed by atoms with Gasteiger partial charge in [0.05, 0.1) is 12.3 Å². The van der Waals surface area contributed by atoms with E-state index >= 15 is 0 Å². The molecule has 0 unspecified atom stereocenters. The minimum Gasteiger partial charge on any atom is -0.467 e. The first-order chi connectivity index (χ1) is 12.5. The molecule has 2 heterocycles. The van der Waals surface area contributed by atoms with Crippen LogP contribution >= 0.6 is 0 Å². The minimum atomic E-state index is -0.157. The molecule has 2 aromatic heterocycles. The van der Waals surface area contributed by atoms with E-state index in [1.54, 1.807) is 30.6 Å². The highest BCUT2D eigenvalue weighted by Gasteiger charge is 2.21. The van der Waals surface area contributed by atoms with Crippen molar-refractivity contribution in [1.82, 2.24) is 14.9 Å². The van der Waals surface area contributed by atoms with Crippen molar-refractivity contribution in [1.29, 1.82) is 0 Å². The van der Waals surface area contributed by atoms with Gasteiger partial charge >= 0.3 is 0 Å². The molecule has 6 nitrogen and oxygen atoms in total. The monoisotopic (exact) mass is 350 g/mol. The van der Waals surface area contributed by atoms with Crippen molar-refractivity contribution < 1.29 is 9.21 Å². The standard InChI is InChI=1S/C20H22N4O2/c1-14(17-9-6-12-26-17)24(4)20(25)16-8-5-7-15(13-16)18-19(23(2)3)22-11-10-21-18/h5-14H,1-4H3/t14-/m1/s1. The molecule has 0 aliphatic carbocycles. The van der Waals surface area contributed by atoms with Crippen LogP contribution in [-0.2, 0) is 0 Å². The van der Waals surface area contributed by atoms with Crippen LogP contribution in [-0.4, -0.2) is 41.9 Å². The molecule has 3 aromatic rings. The molecular weight excluding hydrogens is 328 g/mol. The summed E-state index contributed by atoms with van der Waals surface area (Å²) in [5.74, 6) is 1.43. The van der Waals surface area contributed by atoms with Crippen LogP contribution in [0.15, 0.2) is 59.5 Å². The Bertz CT molecular complexity index is 890. The summed E-state index contributed by atoms with van der Waals surface area (Å²) in [5, 5.41) is 0. The number of hydrogen-bond donors (Lipinski definition) is 0. The van der Waals surface area contributed by atoms with Crippen molar-refractivity contribution in [2.24, 2.45) is 0 Å². The van der Waals surface area contributed by atoms with Crippen LogP contribution in [0, 0.1) is 0 Å². The molecule has 0 fully saturated rings. The smallest absolute Gasteiger partial charge is 0.254 e. The molecule has 1 atom stereocenters. The molecule has 0 N–H and O–H groups in total. The van der Waals surface area contributed by atoms with Crippen molar-refractivity contribution in [2.75, 3.05) is 26.0 Å². The number of nitrogens with zero attached hydrogens (tertiary/aromatic N) is 4. The van der Waals surface area contributed by atoms with Gasteiger partial charge in [-0.2, -0.15) is 0 Å². The zero-order valence-corrected chi connectivity index (χ0v) is 15.4. The van der Waals surface area contributed by atoms with Gasteiger partial charge in [0.25, 0.3) is 5.91 Å². The first-order valence-corrected chi connectivity index (χ1v) is 8.38. The van der Waals surface area contributed by atoms with Crippen LogP contribution in [0.1, 0.15) is 29.1 Å².